The van der Waals surface area contributed by atoms with Gasteiger partial charge in [-0.25, -0.2) is 4.98 Å². The molecule has 32 heavy (non-hydrogen) atoms. The van der Waals surface area contributed by atoms with Crippen molar-refractivity contribution in [1.29, 1.82) is 0 Å². The van der Waals surface area contributed by atoms with Gasteiger partial charge in [0.25, 0.3) is 5.91 Å². The van der Waals surface area contributed by atoms with Crippen LogP contribution < -0.4 is 21.3 Å². The average Bonchev–Trinajstić information content (AvgIpc) is 2.79. The van der Waals surface area contributed by atoms with E-state index in [1.165, 1.54) is 32.1 Å². The summed E-state index contributed by atoms with van der Waals surface area (Å²) in [7, 11) is 0. The molecule has 2 aliphatic rings. The third-order valence-corrected chi connectivity index (χ3v) is 7.20. The van der Waals surface area contributed by atoms with Gasteiger partial charge < -0.3 is 21.3 Å². The highest BCUT2D eigenvalue weighted by Gasteiger charge is 2.27. The van der Waals surface area contributed by atoms with Crippen molar-refractivity contribution in [3.63, 3.8) is 0 Å². The lowest BCUT2D eigenvalue weighted by atomic mass is 9.84. The number of piperidine rings is 1. The summed E-state index contributed by atoms with van der Waals surface area (Å²) >= 11 is 0. The van der Waals surface area contributed by atoms with E-state index in [-0.39, 0.29) is 5.91 Å². The number of rotatable bonds is 6. The van der Waals surface area contributed by atoms with E-state index >= 15 is 0 Å². The van der Waals surface area contributed by atoms with Crippen LogP contribution in [0.25, 0.3) is 10.9 Å². The smallest absolute Gasteiger partial charge is 0.256 e. The minimum atomic E-state index is -0.403. The molecule has 1 aliphatic carbocycles. The van der Waals surface area contributed by atoms with Gasteiger partial charge in [-0.15, -0.1) is 0 Å². The largest absolute Gasteiger partial charge is 0.356 e. The predicted octanol–water partition coefficient (Wildman–Crippen LogP) is 4.10. The van der Waals surface area contributed by atoms with Crippen molar-refractivity contribution in [2.45, 2.75) is 84.0 Å². The number of anilines is 1. The molecule has 4 rings (SSSR count). The molecule has 0 radical (unpaired) electrons. The van der Waals surface area contributed by atoms with Crippen LogP contribution in [0.4, 0.5) is 5.82 Å². The number of aryl methyl sites for hydroxylation is 1. The third kappa shape index (κ3) is 5.41. The number of nitrogens with zero attached hydrogens (tertiary/aromatic N) is 2. The molecule has 4 N–H and O–H groups in total. The van der Waals surface area contributed by atoms with Gasteiger partial charge in [-0.2, -0.15) is 0 Å². The highest BCUT2D eigenvalue weighted by molar-refractivity contribution is 6.02. The van der Waals surface area contributed by atoms with E-state index in [1.807, 2.05) is 12.1 Å². The second-order valence-electron chi connectivity index (χ2n) is 9.93. The fraction of sp³-hybridized carbons (Fsp3) is 0.615. The zero-order chi connectivity index (χ0) is 22.7. The Kier molecular flexibility index (Phi) is 7.31. The SMILES string of the molecule is Cc1ccc2nc(N3CCC(NC(C)C4CCCCC4)CC3)c(C(=O)NC(C)N)cc2c1. The van der Waals surface area contributed by atoms with E-state index in [2.05, 4.69) is 41.5 Å². The number of fused-ring (bicyclic) bond motifs is 1. The Morgan fingerprint density at radius 3 is 2.50 bits per heavy atom. The molecule has 1 aromatic carbocycles. The molecule has 6 heteroatoms. The van der Waals surface area contributed by atoms with Crippen molar-refractivity contribution in [3.05, 3.63) is 35.4 Å². The molecule has 6 nitrogen and oxygen atoms in total. The van der Waals surface area contributed by atoms with E-state index in [0.29, 0.717) is 17.6 Å². The van der Waals surface area contributed by atoms with Gasteiger partial charge in [0.15, 0.2) is 0 Å². The molecule has 0 spiro atoms. The van der Waals surface area contributed by atoms with E-state index in [0.717, 1.165) is 54.1 Å². The molecule has 1 saturated carbocycles. The first-order chi connectivity index (χ1) is 15.4. The Morgan fingerprint density at radius 1 is 1.09 bits per heavy atom. The zero-order valence-electron chi connectivity index (χ0n) is 19.9. The number of amides is 1. The van der Waals surface area contributed by atoms with Crippen LogP contribution in [0.2, 0.25) is 0 Å². The van der Waals surface area contributed by atoms with E-state index < -0.39 is 6.17 Å². The van der Waals surface area contributed by atoms with Crippen LogP contribution in [-0.2, 0) is 0 Å². The zero-order valence-corrected chi connectivity index (χ0v) is 19.9. The number of hydrogen-bond acceptors (Lipinski definition) is 5. The van der Waals surface area contributed by atoms with Gasteiger partial charge in [-0.3, -0.25) is 4.79 Å². The summed E-state index contributed by atoms with van der Waals surface area (Å²) in [6, 6.07) is 9.29. The molecule has 1 amide bonds. The standard InChI is InChI=1S/C26H39N5O/c1-17-9-10-24-21(15-17)16-23(26(32)29-19(3)27)25(30-24)31-13-11-22(12-14-31)28-18(2)20-7-5-4-6-8-20/h9-10,15-16,18-20,22,28H,4-8,11-14,27H2,1-3H3,(H,29,32). The van der Waals surface area contributed by atoms with Crippen molar-refractivity contribution >= 4 is 22.6 Å². The van der Waals surface area contributed by atoms with Gasteiger partial charge in [0, 0.05) is 30.6 Å². The van der Waals surface area contributed by atoms with Crippen LogP contribution in [0.3, 0.4) is 0 Å². The number of benzene rings is 1. The van der Waals surface area contributed by atoms with Crippen molar-refractivity contribution in [2.75, 3.05) is 18.0 Å². The number of carbonyl (C=O) groups is 1. The van der Waals surface area contributed by atoms with Crippen LogP contribution in [0, 0.1) is 12.8 Å². The summed E-state index contributed by atoms with van der Waals surface area (Å²) in [4.78, 5) is 20.2. The second-order valence-corrected chi connectivity index (χ2v) is 9.93. The van der Waals surface area contributed by atoms with Gasteiger partial charge in [-0.1, -0.05) is 30.9 Å². The monoisotopic (exact) mass is 437 g/mol. The van der Waals surface area contributed by atoms with Crippen LogP contribution >= 0.6 is 0 Å². The van der Waals surface area contributed by atoms with E-state index in [4.69, 9.17) is 10.7 Å². The number of hydrogen-bond donors (Lipinski definition) is 3. The number of pyridine rings is 1. The second kappa shape index (κ2) is 10.2. The normalized spacial score (nSPS) is 20.3. The Hall–Kier alpha value is -2.18. The fourth-order valence-electron chi connectivity index (χ4n) is 5.38. The minimum Gasteiger partial charge on any atom is -0.356 e. The maximum atomic E-state index is 13.0. The highest BCUT2D eigenvalue weighted by atomic mass is 16.1. The van der Waals surface area contributed by atoms with Crippen molar-refractivity contribution in [3.8, 4) is 0 Å². The van der Waals surface area contributed by atoms with Gasteiger partial charge in [0.05, 0.1) is 17.2 Å². The van der Waals surface area contributed by atoms with Crippen LogP contribution in [0.15, 0.2) is 24.3 Å². The number of carbonyl (C=O) groups excluding carboxylic acids is 1. The van der Waals surface area contributed by atoms with Gasteiger partial charge in [-0.05, 0) is 70.6 Å². The first kappa shape index (κ1) is 23.0. The summed E-state index contributed by atoms with van der Waals surface area (Å²) in [6.07, 6.45) is 8.64. The Labute approximate surface area is 192 Å². The maximum absolute atomic E-state index is 13.0. The highest BCUT2D eigenvalue weighted by Crippen LogP contribution is 2.29. The van der Waals surface area contributed by atoms with Crippen LogP contribution in [0.1, 0.15) is 74.7 Å². The topological polar surface area (TPSA) is 83.3 Å². The Morgan fingerprint density at radius 2 is 1.81 bits per heavy atom. The average molecular weight is 438 g/mol. The lowest BCUT2D eigenvalue weighted by molar-refractivity contribution is 0.0941. The molecular weight excluding hydrogens is 398 g/mol. The summed E-state index contributed by atoms with van der Waals surface area (Å²) in [5.74, 6) is 1.44. The minimum absolute atomic E-state index is 0.155. The van der Waals surface area contributed by atoms with Crippen molar-refractivity contribution < 1.29 is 4.79 Å². The Bertz CT molecular complexity index is 929. The molecule has 2 heterocycles. The van der Waals surface area contributed by atoms with Gasteiger partial charge in [0.1, 0.15) is 5.82 Å². The quantitative estimate of drug-likeness (QED) is 0.593. The fourth-order valence-corrected chi connectivity index (χ4v) is 5.38. The molecule has 2 atom stereocenters. The molecule has 1 aliphatic heterocycles. The number of nitrogens with two attached hydrogens (primary N) is 1. The number of nitrogens with one attached hydrogen (secondary N) is 2. The maximum Gasteiger partial charge on any atom is 0.256 e. The summed E-state index contributed by atoms with van der Waals surface area (Å²) in [5.41, 5.74) is 8.54. The first-order valence-corrected chi connectivity index (χ1v) is 12.4. The molecule has 2 aromatic rings. The van der Waals surface area contributed by atoms with E-state index in [1.54, 1.807) is 6.92 Å². The lowest BCUT2D eigenvalue weighted by Crippen LogP contribution is -2.48. The molecule has 174 valence electrons. The molecule has 1 saturated heterocycles. The molecule has 2 unspecified atom stereocenters. The van der Waals surface area contributed by atoms with Crippen LogP contribution in [0.5, 0.6) is 0 Å². The summed E-state index contributed by atoms with van der Waals surface area (Å²) < 4.78 is 0. The van der Waals surface area contributed by atoms with E-state index in [9.17, 15) is 4.79 Å². The molecular formula is C26H39N5O. The number of aromatic nitrogens is 1. The lowest BCUT2D eigenvalue weighted by Gasteiger charge is -2.37. The molecule has 1 aromatic heterocycles. The first-order valence-electron chi connectivity index (χ1n) is 12.4. The van der Waals surface area contributed by atoms with Crippen molar-refractivity contribution in [2.24, 2.45) is 11.7 Å². The Balaban J connectivity index is 1.49. The van der Waals surface area contributed by atoms with Gasteiger partial charge >= 0.3 is 0 Å². The summed E-state index contributed by atoms with van der Waals surface area (Å²) in [5, 5.41) is 7.75. The van der Waals surface area contributed by atoms with Crippen molar-refractivity contribution in [1.82, 2.24) is 15.6 Å². The van der Waals surface area contributed by atoms with Crippen LogP contribution in [-0.4, -0.2) is 42.2 Å². The van der Waals surface area contributed by atoms with Gasteiger partial charge in [0.2, 0.25) is 0 Å². The molecule has 2 fully saturated rings. The summed E-state index contributed by atoms with van der Waals surface area (Å²) in [6.45, 7) is 8.00. The third-order valence-electron chi connectivity index (χ3n) is 7.20. The predicted molar refractivity (Wildman–Crippen MR) is 132 cm³/mol. The molecule has 0 bridgehead atoms.